The zero-order chi connectivity index (χ0) is 11.9. The maximum Gasteiger partial charge on any atom is 0.420 e. The monoisotopic (exact) mass is 230 g/mol. The van der Waals surface area contributed by atoms with Crippen molar-refractivity contribution < 1.29 is 17.9 Å². The Labute approximate surface area is 89.2 Å². The minimum atomic E-state index is -4.43. The van der Waals surface area contributed by atoms with Crippen LogP contribution in [0.5, 0.6) is 5.75 Å². The first-order valence-electron chi connectivity index (χ1n) is 4.53. The summed E-state index contributed by atoms with van der Waals surface area (Å²) in [5.74, 6) is 0.350. The summed E-state index contributed by atoms with van der Waals surface area (Å²) >= 11 is 0. The molecule has 86 valence electrons. The van der Waals surface area contributed by atoms with E-state index in [1.807, 2.05) is 0 Å². The number of nitrogens with zero attached hydrogens (tertiary/aromatic N) is 1. The molecular weight excluding hydrogens is 221 g/mol. The van der Waals surface area contributed by atoms with E-state index >= 15 is 0 Å². The molecular formula is C10H9F3N2O. The molecule has 1 heterocycles. The third-order valence-corrected chi connectivity index (χ3v) is 2.23. The second-order valence-electron chi connectivity index (χ2n) is 3.39. The Kier molecular flexibility index (Phi) is 2.29. The quantitative estimate of drug-likeness (QED) is 0.817. The van der Waals surface area contributed by atoms with Crippen molar-refractivity contribution in [1.82, 2.24) is 9.97 Å². The van der Waals surface area contributed by atoms with Crippen molar-refractivity contribution in [3.8, 4) is 5.75 Å². The molecule has 1 aromatic heterocycles. The summed E-state index contributed by atoms with van der Waals surface area (Å²) in [5.41, 5.74) is 0.0131. The summed E-state index contributed by atoms with van der Waals surface area (Å²) in [7, 11) is 1.20. The van der Waals surface area contributed by atoms with Crippen LogP contribution in [0.2, 0.25) is 0 Å². The van der Waals surface area contributed by atoms with Crippen molar-refractivity contribution >= 4 is 11.0 Å². The van der Waals surface area contributed by atoms with Crippen LogP contribution >= 0.6 is 0 Å². The van der Waals surface area contributed by atoms with E-state index in [0.717, 1.165) is 6.07 Å². The Morgan fingerprint density at radius 1 is 1.31 bits per heavy atom. The van der Waals surface area contributed by atoms with Crippen LogP contribution < -0.4 is 4.74 Å². The molecule has 0 aliphatic carbocycles. The Morgan fingerprint density at radius 2 is 2.00 bits per heavy atom. The second kappa shape index (κ2) is 3.40. The lowest BCUT2D eigenvalue weighted by Crippen LogP contribution is -2.07. The molecule has 3 nitrogen and oxygen atoms in total. The molecule has 0 aliphatic heterocycles. The number of alkyl halides is 3. The predicted octanol–water partition coefficient (Wildman–Crippen LogP) is 2.90. The highest BCUT2D eigenvalue weighted by molar-refractivity contribution is 5.78. The topological polar surface area (TPSA) is 37.9 Å². The molecule has 0 saturated heterocycles. The van der Waals surface area contributed by atoms with E-state index in [1.165, 1.54) is 13.2 Å². The van der Waals surface area contributed by atoms with Gasteiger partial charge >= 0.3 is 6.18 Å². The summed E-state index contributed by atoms with van der Waals surface area (Å²) in [6, 6.07) is 2.29. The number of aromatic nitrogens is 2. The second-order valence-corrected chi connectivity index (χ2v) is 3.39. The minimum absolute atomic E-state index is 0.216. The molecule has 0 atom stereocenters. The van der Waals surface area contributed by atoms with Crippen molar-refractivity contribution in [3.63, 3.8) is 0 Å². The molecule has 0 aliphatic rings. The Bertz CT molecular complexity index is 531. The van der Waals surface area contributed by atoms with Gasteiger partial charge in [0.1, 0.15) is 11.6 Å². The fraction of sp³-hybridized carbons (Fsp3) is 0.300. The van der Waals surface area contributed by atoms with E-state index in [-0.39, 0.29) is 5.75 Å². The Morgan fingerprint density at radius 3 is 2.56 bits per heavy atom. The lowest BCUT2D eigenvalue weighted by molar-refractivity contribution is -0.138. The van der Waals surface area contributed by atoms with Gasteiger partial charge in [0.25, 0.3) is 0 Å². The van der Waals surface area contributed by atoms with Crippen LogP contribution in [0.25, 0.3) is 11.0 Å². The maximum absolute atomic E-state index is 12.7. The average Bonchev–Trinajstić information content (AvgIpc) is 2.53. The van der Waals surface area contributed by atoms with Gasteiger partial charge in [-0.05, 0) is 13.0 Å². The third-order valence-electron chi connectivity index (χ3n) is 2.23. The largest absolute Gasteiger partial charge is 0.496 e. The van der Waals surface area contributed by atoms with Crippen LogP contribution in [0.1, 0.15) is 11.4 Å². The zero-order valence-electron chi connectivity index (χ0n) is 8.64. The number of ether oxygens (including phenoxy) is 1. The fourth-order valence-corrected chi connectivity index (χ4v) is 1.56. The number of imidazole rings is 1. The first-order chi connectivity index (χ1) is 7.41. The predicted molar refractivity (Wildman–Crippen MR) is 52.4 cm³/mol. The first-order valence-corrected chi connectivity index (χ1v) is 4.53. The SMILES string of the molecule is COc1cc2nc(C)[nH]c2cc1C(F)(F)F. The van der Waals surface area contributed by atoms with Crippen molar-refractivity contribution in [3.05, 3.63) is 23.5 Å². The average molecular weight is 230 g/mol. The van der Waals surface area contributed by atoms with Gasteiger partial charge in [-0.3, -0.25) is 0 Å². The number of rotatable bonds is 1. The highest BCUT2D eigenvalue weighted by Gasteiger charge is 2.34. The van der Waals surface area contributed by atoms with Gasteiger partial charge in [-0.1, -0.05) is 0 Å². The number of aromatic amines is 1. The molecule has 6 heteroatoms. The Hall–Kier alpha value is -1.72. The number of hydrogen-bond acceptors (Lipinski definition) is 2. The summed E-state index contributed by atoms with van der Waals surface area (Å²) in [6.07, 6.45) is -4.43. The van der Waals surface area contributed by atoms with Gasteiger partial charge in [0, 0.05) is 6.07 Å². The van der Waals surface area contributed by atoms with Crippen LogP contribution in [0.3, 0.4) is 0 Å². The summed E-state index contributed by atoms with van der Waals surface area (Å²) < 4.78 is 42.7. The van der Waals surface area contributed by atoms with E-state index < -0.39 is 11.7 Å². The highest BCUT2D eigenvalue weighted by Crippen LogP contribution is 2.38. The van der Waals surface area contributed by atoms with Crippen molar-refractivity contribution in [1.29, 1.82) is 0 Å². The maximum atomic E-state index is 12.7. The van der Waals surface area contributed by atoms with Gasteiger partial charge in [0.2, 0.25) is 0 Å². The smallest absolute Gasteiger partial charge is 0.420 e. The normalized spacial score (nSPS) is 12.1. The van der Waals surface area contributed by atoms with E-state index in [1.54, 1.807) is 6.92 Å². The molecule has 0 amide bonds. The molecule has 0 spiro atoms. The number of H-pyrrole nitrogens is 1. The summed E-state index contributed by atoms with van der Waals surface area (Å²) in [5, 5.41) is 0. The van der Waals surface area contributed by atoms with Crippen LogP contribution in [-0.4, -0.2) is 17.1 Å². The molecule has 0 radical (unpaired) electrons. The highest BCUT2D eigenvalue weighted by atomic mass is 19.4. The molecule has 2 rings (SSSR count). The third kappa shape index (κ3) is 1.70. The molecule has 0 bridgehead atoms. The van der Waals surface area contributed by atoms with Gasteiger partial charge in [-0.25, -0.2) is 4.98 Å². The van der Waals surface area contributed by atoms with E-state index in [0.29, 0.717) is 16.9 Å². The van der Waals surface area contributed by atoms with Gasteiger partial charge < -0.3 is 9.72 Å². The zero-order valence-corrected chi connectivity index (χ0v) is 8.64. The summed E-state index contributed by atoms with van der Waals surface area (Å²) in [4.78, 5) is 6.80. The molecule has 1 N–H and O–H groups in total. The molecule has 1 aromatic carbocycles. The molecule has 0 saturated carbocycles. The number of hydrogen-bond donors (Lipinski definition) is 1. The van der Waals surface area contributed by atoms with Crippen molar-refractivity contribution in [2.24, 2.45) is 0 Å². The van der Waals surface area contributed by atoms with Crippen LogP contribution in [-0.2, 0) is 6.18 Å². The Balaban J connectivity index is 2.72. The number of aryl methyl sites for hydroxylation is 1. The number of nitrogens with one attached hydrogen (secondary N) is 1. The number of benzene rings is 1. The molecule has 16 heavy (non-hydrogen) atoms. The van der Waals surface area contributed by atoms with Gasteiger partial charge in [0.05, 0.1) is 23.7 Å². The molecule has 0 fully saturated rings. The standard InChI is InChI=1S/C10H9F3N2O/c1-5-14-7-3-6(10(11,12)13)9(16-2)4-8(7)15-5/h3-4H,1-2H3,(H,14,15). The van der Waals surface area contributed by atoms with Crippen LogP contribution in [0.15, 0.2) is 12.1 Å². The summed E-state index contributed by atoms with van der Waals surface area (Å²) in [6.45, 7) is 1.68. The number of fused-ring (bicyclic) bond motifs is 1. The van der Waals surface area contributed by atoms with Gasteiger partial charge in [-0.15, -0.1) is 0 Å². The van der Waals surface area contributed by atoms with Crippen LogP contribution in [0.4, 0.5) is 13.2 Å². The van der Waals surface area contributed by atoms with E-state index in [2.05, 4.69) is 9.97 Å². The van der Waals surface area contributed by atoms with Crippen molar-refractivity contribution in [2.75, 3.05) is 7.11 Å². The van der Waals surface area contributed by atoms with Crippen molar-refractivity contribution in [2.45, 2.75) is 13.1 Å². The lowest BCUT2D eigenvalue weighted by atomic mass is 10.1. The first kappa shape index (κ1) is 10.8. The van der Waals surface area contributed by atoms with Gasteiger partial charge in [-0.2, -0.15) is 13.2 Å². The van der Waals surface area contributed by atoms with Crippen LogP contribution in [0, 0.1) is 6.92 Å². The number of halogens is 3. The number of methoxy groups -OCH3 is 1. The lowest BCUT2D eigenvalue weighted by Gasteiger charge is -2.11. The minimum Gasteiger partial charge on any atom is -0.496 e. The molecule has 0 unspecified atom stereocenters. The molecule has 2 aromatic rings. The van der Waals surface area contributed by atoms with E-state index in [4.69, 9.17) is 4.74 Å². The fourth-order valence-electron chi connectivity index (χ4n) is 1.56. The van der Waals surface area contributed by atoms with Gasteiger partial charge in [0.15, 0.2) is 0 Å². The van der Waals surface area contributed by atoms with E-state index in [9.17, 15) is 13.2 Å².